The predicted octanol–water partition coefficient (Wildman–Crippen LogP) is -0.0665. The highest BCUT2D eigenvalue weighted by Crippen LogP contribution is 2.07. The number of nitrogens with two attached hydrogens (primary N) is 2. The minimum Gasteiger partial charge on any atom is -0.478 e. The largest absolute Gasteiger partial charge is 0.478 e. The minimum absolute atomic E-state index is 0.130. The van der Waals surface area contributed by atoms with Crippen molar-refractivity contribution in [1.82, 2.24) is 0 Å². The number of ether oxygens (including phenoxy) is 1. The van der Waals surface area contributed by atoms with Crippen LogP contribution in [0.5, 0.6) is 0 Å². The lowest BCUT2D eigenvalue weighted by Crippen LogP contribution is -2.34. The van der Waals surface area contributed by atoms with Crippen LogP contribution in [0.3, 0.4) is 0 Å². The maximum Gasteiger partial charge on any atom is 0.341 e. The third-order valence-corrected chi connectivity index (χ3v) is 2.65. The lowest BCUT2D eigenvalue weighted by molar-refractivity contribution is -0.158. The lowest BCUT2D eigenvalue weighted by Gasteiger charge is -2.10. The van der Waals surface area contributed by atoms with Gasteiger partial charge in [0, 0.05) is 11.1 Å². The summed E-state index contributed by atoms with van der Waals surface area (Å²) in [7, 11) is 0. The molecular formula is C12H20N2O5. The zero-order valence-electron chi connectivity index (χ0n) is 11.1. The van der Waals surface area contributed by atoms with Gasteiger partial charge in [-0.1, -0.05) is 6.42 Å². The van der Waals surface area contributed by atoms with Gasteiger partial charge in [0.1, 0.15) is 6.04 Å². The highest BCUT2D eigenvalue weighted by Gasteiger charge is 2.21. The molecule has 0 aliphatic carbocycles. The number of esters is 2. The molecule has 0 fully saturated rings. The van der Waals surface area contributed by atoms with Crippen LogP contribution >= 0.6 is 0 Å². The molecular weight excluding hydrogens is 252 g/mol. The molecule has 0 aliphatic rings. The standard InChI is InChI=1S/C12H20N2O5/c1-7(10(15)16)8(2)11(17)19-12(18)9(14)5-3-4-6-13/h9H,3-6,13-14H2,1-2H3,(H,15,16)/b8-7-. The second-order valence-electron chi connectivity index (χ2n) is 4.15. The molecule has 0 saturated heterocycles. The zero-order valence-corrected chi connectivity index (χ0v) is 11.1. The van der Waals surface area contributed by atoms with Crippen LogP contribution in [-0.4, -0.2) is 35.6 Å². The number of carbonyl (C=O) groups excluding carboxylic acids is 2. The smallest absolute Gasteiger partial charge is 0.341 e. The molecule has 7 heteroatoms. The van der Waals surface area contributed by atoms with E-state index in [1.807, 2.05) is 0 Å². The second-order valence-corrected chi connectivity index (χ2v) is 4.15. The Morgan fingerprint density at radius 2 is 1.74 bits per heavy atom. The molecule has 0 bridgehead atoms. The summed E-state index contributed by atoms with van der Waals surface area (Å²) in [6.45, 7) is 3.03. The molecule has 0 aromatic rings. The zero-order chi connectivity index (χ0) is 15.0. The number of rotatable bonds is 7. The summed E-state index contributed by atoms with van der Waals surface area (Å²) in [6.07, 6.45) is 1.75. The SMILES string of the molecule is C/C(C(=O)O)=C(\C)C(=O)OC(=O)C(N)CCCCN. The van der Waals surface area contributed by atoms with E-state index in [1.54, 1.807) is 0 Å². The molecule has 0 aliphatic heterocycles. The summed E-state index contributed by atoms with van der Waals surface area (Å²) in [4.78, 5) is 33.6. The van der Waals surface area contributed by atoms with Crippen LogP contribution in [0.1, 0.15) is 33.1 Å². The summed E-state index contributed by atoms with van der Waals surface area (Å²) >= 11 is 0. The van der Waals surface area contributed by atoms with Gasteiger partial charge in [-0.25, -0.2) is 14.4 Å². The molecule has 0 rings (SSSR count). The molecule has 0 radical (unpaired) electrons. The number of unbranched alkanes of at least 4 members (excludes halogenated alkanes) is 1. The highest BCUT2D eigenvalue weighted by molar-refractivity contribution is 6.02. The second kappa shape index (κ2) is 8.39. The number of hydrogen-bond donors (Lipinski definition) is 3. The van der Waals surface area contributed by atoms with Gasteiger partial charge in [0.05, 0.1) is 0 Å². The first-order valence-corrected chi connectivity index (χ1v) is 5.93. The summed E-state index contributed by atoms with van der Waals surface area (Å²) in [5.41, 5.74) is 10.5. The average Bonchev–Trinajstić information content (AvgIpc) is 2.36. The van der Waals surface area contributed by atoms with Crippen LogP contribution in [0.25, 0.3) is 0 Å². The van der Waals surface area contributed by atoms with E-state index in [2.05, 4.69) is 4.74 Å². The monoisotopic (exact) mass is 272 g/mol. The van der Waals surface area contributed by atoms with Crippen molar-refractivity contribution >= 4 is 17.9 Å². The van der Waals surface area contributed by atoms with E-state index in [4.69, 9.17) is 16.6 Å². The Morgan fingerprint density at radius 3 is 2.21 bits per heavy atom. The minimum atomic E-state index is -1.24. The number of hydrogen-bond acceptors (Lipinski definition) is 6. The fourth-order valence-electron chi connectivity index (χ4n) is 1.18. The summed E-state index contributed by atoms with van der Waals surface area (Å²) in [5.74, 6) is -3.09. The Hall–Kier alpha value is -1.73. The third-order valence-electron chi connectivity index (χ3n) is 2.65. The third kappa shape index (κ3) is 6.12. The lowest BCUT2D eigenvalue weighted by atomic mass is 10.1. The fraction of sp³-hybridized carbons (Fsp3) is 0.583. The molecule has 0 spiro atoms. The summed E-state index contributed by atoms with van der Waals surface area (Å²) in [5, 5.41) is 8.70. The first kappa shape index (κ1) is 17.3. The van der Waals surface area contributed by atoms with Gasteiger partial charge in [-0.15, -0.1) is 0 Å². The molecule has 108 valence electrons. The van der Waals surface area contributed by atoms with Gasteiger partial charge in [-0.2, -0.15) is 0 Å². The Labute approximate surface area is 111 Å². The van der Waals surface area contributed by atoms with Crippen molar-refractivity contribution in [1.29, 1.82) is 0 Å². The van der Waals surface area contributed by atoms with E-state index >= 15 is 0 Å². The Balaban J connectivity index is 4.45. The van der Waals surface area contributed by atoms with Crippen molar-refractivity contribution in [2.45, 2.75) is 39.2 Å². The number of carboxylic acid groups (broad SMARTS) is 1. The average molecular weight is 272 g/mol. The molecule has 0 aromatic carbocycles. The maximum absolute atomic E-state index is 11.5. The van der Waals surface area contributed by atoms with Crippen LogP contribution in [0.2, 0.25) is 0 Å². The first-order valence-electron chi connectivity index (χ1n) is 5.93. The van der Waals surface area contributed by atoms with Crippen molar-refractivity contribution in [3.63, 3.8) is 0 Å². The number of carboxylic acids is 1. The molecule has 19 heavy (non-hydrogen) atoms. The van der Waals surface area contributed by atoms with Gasteiger partial charge in [-0.05, 0) is 33.2 Å². The summed E-state index contributed by atoms with van der Waals surface area (Å²) < 4.78 is 4.52. The molecule has 0 aromatic heterocycles. The van der Waals surface area contributed by atoms with E-state index in [0.29, 0.717) is 19.4 Å². The van der Waals surface area contributed by atoms with E-state index in [9.17, 15) is 14.4 Å². The summed E-state index contributed by atoms with van der Waals surface area (Å²) in [6, 6.07) is -0.909. The van der Waals surface area contributed by atoms with Crippen LogP contribution in [0.15, 0.2) is 11.1 Å². The van der Waals surface area contributed by atoms with E-state index in [1.165, 1.54) is 13.8 Å². The quantitative estimate of drug-likeness (QED) is 0.256. The Bertz CT molecular complexity index is 390. The van der Waals surface area contributed by atoms with Gasteiger partial charge in [0.15, 0.2) is 0 Å². The van der Waals surface area contributed by atoms with Gasteiger partial charge >= 0.3 is 17.9 Å². The van der Waals surface area contributed by atoms with Gasteiger partial charge < -0.3 is 21.3 Å². The van der Waals surface area contributed by atoms with Gasteiger partial charge in [0.25, 0.3) is 0 Å². The molecule has 5 N–H and O–H groups in total. The maximum atomic E-state index is 11.5. The van der Waals surface area contributed by atoms with E-state index in [-0.39, 0.29) is 11.1 Å². The van der Waals surface area contributed by atoms with Crippen molar-refractivity contribution in [2.75, 3.05) is 6.54 Å². The van der Waals surface area contributed by atoms with Crippen LogP contribution in [-0.2, 0) is 19.1 Å². The Kier molecular flexibility index (Phi) is 7.62. The highest BCUT2D eigenvalue weighted by atomic mass is 16.6. The number of aliphatic carboxylic acids is 1. The van der Waals surface area contributed by atoms with Crippen molar-refractivity contribution in [2.24, 2.45) is 11.5 Å². The molecule has 0 heterocycles. The van der Waals surface area contributed by atoms with Gasteiger partial charge in [-0.3, -0.25) is 0 Å². The van der Waals surface area contributed by atoms with Crippen LogP contribution in [0, 0.1) is 0 Å². The molecule has 7 nitrogen and oxygen atoms in total. The number of carbonyl (C=O) groups is 3. The molecule has 1 atom stereocenters. The Morgan fingerprint density at radius 1 is 1.16 bits per heavy atom. The molecule has 0 amide bonds. The van der Waals surface area contributed by atoms with Crippen molar-refractivity contribution in [3.05, 3.63) is 11.1 Å². The molecule has 1 unspecified atom stereocenters. The molecule has 0 saturated carbocycles. The normalized spacial score (nSPS) is 13.5. The first-order chi connectivity index (χ1) is 8.81. The van der Waals surface area contributed by atoms with E-state index in [0.717, 1.165) is 6.42 Å². The predicted molar refractivity (Wildman–Crippen MR) is 68.0 cm³/mol. The van der Waals surface area contributed by atoms with E-state index < -0.39 is 23.9 Å². The fourth-order valence-corrected chi connectivity index (χ4v) is 1.18. The van der Waals surface area contributed by atoms with Crippen LogP contribution < -0.4 is 11.5 Å². The van der Waals surface area contributed by atoms with Crippen molar-refractivity contribution < 1.29 is 24.2 Å². The van der Waals surface area contributed by atoms with Crippen molar-refractivity contribution in [3.8, 4) is 0 Å². The topological polar surface area (TPSA) is 133 Å². The van der Waals surface area contributed by atoms with Gasteiger partial charge in [0.2, 0.25) is 0 Å². The van der Waals surface area contributed by atoms with Crippen LogP contribution in [0.4, 0.5) is 0 Å².